The second-order valence-electron chi connectivity index (χ2n) is 8.23. The predicted octanol–water partition coefficient (Wildman–Crippen LogP) is 2.28. The first kappa shape index (κ1) is 20.7. The van der Waals surface area contributed by atoms with E-state index in [9.17, 15) is 9.90 Å². The van der Waals surface area contributed by atoms with E-state index in [4.69, 9.17) is 4.74 Å². The Morgan fingerprint density at radius 2 is 2.19 bits per heavy atom. The van der Waals surface area contributed by atoms with E-state index in [0.717, 1.165) is 49.6 Å². The summed E-state index contributed by atoms with van der Waals surface area (Å²) in [4.78, 5) is 19.4. The molecular weight excluding hydrogens is 362 g/mol. The Morgan fingerprint density at radius 1 is 1.44 bits per heavy atom. The van der Waals surface area contributed by atoms with Crippen molar-refractivity contribution in [2.24, 2.45) is 0 Å². The van der Waals surface area contributed by atoms with Crippen LogP contribution in [0.3, 0.4) is 0 Å². The number of rotatable bonds is 6. The van der Waals surface area contributed by atoms with Gasteiger partial charge in [-0.2, -0.15) is 0 Å². The number of piperidine rings is 1. The SMILES string of the molecule is CCCN1CCC2(CC1)OCC[C@](C)(NC(=O)CCc1csc(C)n1)[C@H]2O. The second-order valence-corrected chi connectivity index (χ2v) is 9.29. The molecule has 0 aliphatic carbocycles. The van der Waals surface area contributed by atoms with Crippen molar-refractivity contribution in [1.29, 1.82) is 0 Å². The molecule has 1 aromatic rings. The van der Waals surface area contributed by atoms with Gasteiger partial charge in [0.2, 0.25) is 5.91 Å². The van der Waals surface area contributed by atoms with Crippen LogP contribution in [0.15, 0.2) is 5.38 Å². The van der Waals surface area contributed by atoms with Crippen LogP contribution < -0.4 is 5.32 Å². The maximum Gasteiger partial charge on any atom is 0.220 e. The molecule has 0 aromatic carbocycles. The van der Waals surface area contributed by atoms with Crippen LogP contribution in [0.2, 0.25) is 0 Å². The monoisotopic (exact) mass is 395 g/mol. The average molecular weight is 396 g/mol. The van der Waals surface area contributed by atoms with Gasteiger partial charge in [-0.05, 0) is 52.5 Å². The first-order chi connectivity index (χ1) is 12.9. The number of amides is 1. The number of nitrogens with zero attached hydrogens (tertiary/aromatic N) is 2. The number of hydrogen-bond donors (Lipinski definition) is 2. The van der Waals surface area contributed by atoms with E-state index in [0.29, 0.717) is 25.9 Å². The normalized spacial score (nSPS) is 28.4. The zero-order valence-corrected chi connectivity index (χ0v) is 17.6. The summed E-state index contributed by atoms with van der Waals surface area (Å²) < 4.78 is 6.12. The number of aromatic nitrogens is 1. The van der Waals surface area contributed by atoms with Gasteiger partial charge in [0.25, 0.3) is 0 Å². The summed E-state index contributed by atoms with van der Waals surface area (Å²) in [5.74, 6) is -0.0253. The molecule has 2 aliphatic rings. The van der Waals surface area contributed by atoms with E-state index < -0.39 is 17.2 Å². The van der Waals surface area contributed by atoms with Crippen LogP contribution in [0.1, 0.15) is 56.7 Å². The molecule has 27 heavy (non-hydrogen) atoms. The molecule has 3 rings (SSSR count). The van der Waals surface area contributed by atoms with Gasteiger partial charge in [-0.3, -0.25) is 4.79 Å². The van der Waals surface area contributed by atoms with E-state index >= 15 is 0 Å². The molecule has 0 bridgehead atoms. The Bertz CT molecular complexity index is 642. The van der Waals surface area contributed by atoms with E-state index in [2.05, 4.69) is 22.1 Å². The molecule has 2 saturated heterocycles. The van der Waals surface area contributed by atoms with Crippen LogP contribution in [0, 0.1) is 6.92 Å². The van der Waals surface area contributed by atoms with Gasteiger partial charge in [0.15, 0.2) is 0 Å². The molecule has 2 aliphatic heterocycles. The zero-order chi connectivity index (χ0) is 19.5. The molecular formula is C20H33N3O3S. The highest BCUT2D eigenvalue weighted by atomic mass is 32.1. The smallest absolute Gasteiger partial charge is 0.220 e. The van der Waals surface area contributed by atoms with Gasteiger partial charge < -0.3 is 20.1 Å². The van der Waals surface area contributed by atoms with Crippen LogP contribution in [0.5, 0.6) is 0 Å². The van der Waals surface area contributed by atoms with Crippen molar-refractivity contribution < 1.29 is 14.6 Å². The van der Waals surface area contributed by atoms with Crippen LogP contribution in [-0.4, -0.2) is 64.4 Å². The number of aliphatic hydroxyl groups is 1. The topological polar surface area (TPSA) is 74.7 Å². The van der Waals surface area contributed by atoms with Crippen molar-refractivity contribution in [3.63, 3.8) is 0 Å². The third-order valence-electron chi connectivity index (χ3n) is 6.05. The molecule has 1 amide bonds. The van der Waals surface area contributed by atoms with Crippen molar-refractivity contribution in [3.8, 4) is 0 Å². The highest BCUT2D eigenvalue weighted by Gasteiger charge is 2.53. The number of hydrogen-bond acceptors (Lipinski definition) is 6. The molecule has 2 fully saturated rings. The van der Waals surface area contributed by atoms with Crippen LogP contribution >= 0.6 is 11.3 Å². The minimum Gasteiger partial charge on any atom is -0.388 e. The Balaban J connectivity index is 1.58. The molecule has 6 nitrogen and oxygen atoms in total. The summed E-state index contributed by atoms with van der Waals surface area (Å²) in [6, 6.07) is 0. The van der Waals surface area contributed by atoms with Gasteiger partial charge in [0.05, 0.1) is 21.8 Å². The van der Waals surface area contributed by atoms with Gasteiger partial charge in [0.1, 0.15) is 6.10 Å². The molecule has 2 atom stereocenters. The summed E-state index contributed by atoms with van der Waals surface area (Å²) in [7, 11) is 0. The van der Waals surface area contributed by atoms with E-state index in [1.54, 1.807) is 11.3 Å². The molecule has 1 spiro atoms. The molecule has 3 heterocycles. The quantitative estimate of drug-likeness (QED) is 0.773. The number of carbonyl (C=O) groups excluding carboxylic acids is 1. The van der Waals surface area contributed by atoms with Crippen molar-refractivity contribution in [1.82, 2.24) is 15.2 Å². The number of carbonyl (C=O) groups is 1. The molecule has 0 saturated carbocycles. The van der Waals surface area contributed by atoms with Crippen molar-refractivity contribution in [2.45, 2.75) is 76.5 Å². The van der Waals surface area contributed by atoms with Crippen LogP contribution in [0.25, 0.3) is 0 Å². The van der Waals surface area contributed by atoms with E-state index in [-0.39, 0.29) is 5.91 Å². The van der Waals surface area contributed by atoms with Crippen molar-refractivity contribution in [2.75, 3.05) is 26.2 Å². The Morgan fingerprint density at radius 3 is 2.81 bits per heavy atom. The molecule has 0 unspecified atom stereocenters. The summed E-state index contributed by atoms with van der Waals surface area (Å²) in [6.07, 6.45) is 3.75. The number of aryl methyl sites for hydroxylation is 2. The van der Waals surface area contributed by atoms with Crippen LogP contribution in [-0.2, 0) is 16.0 Å². The molecule has 0 radical (unpaired) electrons. The summed E-state index contributed by atoms with van der Waals surface area (Å²) >= 11 is 1.61. The lowest BCUT2D eigenvalue weighted by molar-refractivity contribution is -0.207. The number of nitrogens with one attached hydrogen (secondary N) is 1. The highest BCUT2D eigenvalue weighted by Crippen LogP contribution is 2.40. The fraction of sp³-hybridized carbons (Fsp3) is 0.800. The molecule has 7 heteroatoms. The Kier molecular flexibility index (Phi) is 6.56. The standard InChI is InChI=1S/C20H33N3O3S/c1-4-10-23-11-7-20(8-12-23)18(25)19(3,9-13-26-20)22-17(24)6-5-16-14-27-15(2)21-16/h14,18,25H,4-13H2,1-3H3,(H,22,24)/t18-,19+/m1/s1. The predicted molar refractivity (Wildman–Crippen MR) is 107 cm³/mol. The summed E-state index contributed by atoms with van der Waals surface area (Å²) in [5, 5.41) is 17.3. The van der Waals surface area contributed by atoms with Crippen molar-refractivity contribution >= 4 is 17.2 Å². The third-order valence-corrected chi connectivity index (χ3v) is 6.88. The lowest BCUT2D eigenvalue weighted by Gasteiger charge is -2.53. The second kappa shape index (κ2) is 8.55. The maximum absolute atomic E-state index is 12.6. The number of ether oxygens (including phenoxy) is 1. The molecule has 2 N–H and O–H groups in total. The Labute approximate surface area is 166 Å². The Hall–Kier alpha value is -1.02. The zero-order valence-electron chi connectivity index (χ0n) is 16.8. The summed E-state index contributed by atoms with van der Waals surface area (Å²) in [5.41, 5.74) is -0.207. The number of likely N-dealkylation sites (tertiary alicyclic amines) is 1. The lowest BCUT2D eigenvalue weighted by Crippen LogP contribution is -2.69. The fourth-order valence-corrected chi connectivity index (χ4v) is 5.08. The number of aliphatic hydroxyl groups excluding tert-OH is 1. The van der Waals surface area contributed by atoms with Gasteiger partial charge in [-0.25, -0.2) is 4.98 Å². The van der Waals surface area contributed by atoms with E-state index in [1.807, 2.05) is 19.2 Å². The van der Waals surface area contributed by atoms with Crippen molar-refractivity contribution in [3.05, 3.63) is 16.1 Å². The molecule has 1 aromatic heterocycles. The summed E-state index contributed by atoms with van der Waals surface area (Å²) in [6.45, 7) is 9.68. The average Bonchev–Trinajstić information content (AvgIpc) is 3.06. The fourth-order valence-electron chi connectivity index (χ4n) is 4.43. The highest BCUT2D eigenvalue weighted by molar-refractivity contribution is 7.09. The largest absolute Gasteiger partial charge is 0.388 e. The van der Waals surface area contributed by atoms with Gasteiger partial charge in [-0.15, -0.1) is 11.3 Å². The minimum absolute atomic E-state index is 0.0253. The van der Waals surface area contributed by atoms with Gasteiger partial charge in [-0.1, -0.05) is 6.92 Å². The maximum atomic E-state index is 12.6. The van der Waals surface area contributed by atoms with E-state index in [1.165, 1.54) is 0 Å². The lowest BCUT2D eigenvalue weighted by atomic mass is 9.73. The third kappa shape index (κ3) is 4.70. The first-order valence-corrected chi connectivity index (χ1v) is 11.0. The molecule has 152 valence electrons. The minimum atomic E-state index is -0.687. The van der Waals surface area contributed by atoms with Gasteiger partial charge in [0, 0.05) is 31.5 Å². The first-order valence-electron chi connectivity index (χ1n) is 10.1. The van der Waals surface area contributed by atoms with Crippen LogP contribution in [0.4, 0.5) is 0 Å². The number of thiazole rings is 1. The van der Waals surface area contributed by atoms with Gasteiger partial charge >= 0.3 is 0 Å².